The second-order valence-corrected chi connectivity index (χ2v) is 5.59. The third kappa shape index (κ3) is 4.32. The maximum absolute atomic E-state index is 12.9. The Bertz CT molecular complexity index is 741. The van der Waals surface area contributed by atoms with Crippen LogP contribution in [-0.4, -0.2) is 24.6 Å². The van der Waals surface area contributed by atoms with E-state index in [1.807, 2.05) is 0 Å². The number of hydrogen-bond donors (Lipinski definition) is 1. The van der Waals surface area contributed by atoms with E-state index in [1.165, 1.54) is 37.4 Å². The zero-order valence-electron chi connectivity index (χ0n) is 13.6. The van der Waals surface area contributed by atoms with Crippen LogP contribution in [0.25, 0.3) is 0 Å². The van der Waals surface area contributed by atoms with Crippen LogP contribution in [0.4, 0.5) is 10.1 Å². The highest BCUT2D eigenvalue weighted by Gasteiger charge is 2.30. The minimum atomic E-state index is -1.20. The SMILES string of the molecule is COC(=O)c1cccc(NC(=O)C(C)(C)Oc2ccc(F)cc2)c1. The van der Waals surface area contributed by atoms with Crippen LogP contribution in [0.3, 0.4) is 0 Å². The van der Waals surface area contributed by atoms with Crippen molar-refractivity contribution in [1.82, 2.24) is 0 Å². The second kappa shape index (κ2) is 7.12. The third-order valence-corrected chi connectivity index (χ3v) is 3.28. The molecule has 0 saturated carbocycles. The van der Waals surface area contributed by atoms with Gasteiger partial charge in [0.1, 0.15) is 11.6 Å². The Morgan fingerprint density at radius 3 is 2.38 bits per heavy atom. The molecule has 0 atom stereocenters. The molecule has 2 aromatic carbocycles. The number of ether oxygens (including phenoxy) is 2. The zero-order chi connectivity index (χ0) is 17.7. The molecule has 1 N–H and O–H groups in total. The number of carbonyl (C=O) groups excluding carboxylic acids is 2. The first kappa shape index (κ1) is 17.5. The molecule has 1 amide bonds. The first-order valence-corrected chi connectivity index (χ1v) is 7.26. The number of amides is 1. The van der Waals surface area contributed by atoms with Crippen LogP contribution in [0, 0.1) is 5.82 Å². The summed E-state index contributed by atoms with van der Waals surface area (Å²) in [5, 5.41) is 2.69. The number of hydrogen-bond acceptors (Lipinski definition) is 4. The van der Waals surface area contributed by atoms with Crippen LogP contribution >= 0.6 is 0 Å². The van der Waals surface area contributed by atoms with E-state index in [1.54, 1.807) is 32.0 Å². The van der Waals surface area contributed by atoms with Gasteiger partial charge in [-0.05, 0) is 56.3 Å². The molecule has 2 aromatic rings. The standard InChI is InChI=1S/C18H18FNO4/c1-18(2,24-15-9-7-13(19)8-10-15)17(22)20-14-6-4-5-12(11-14)16(21)23-3/h4-11H,1-3H3,(H,20,22). The van der Waals surface area contributed by atoms with Crippen molar-refractivity contribution in [2.24, 2.45) is 0 Å². The van der Waals surface area contributed by atoms with Gasteiger partial charge in [-0.3, -0.25) is 4.79 Å². The summed E-state index contributed by atoms with van der Waals surface area (Å²) < 4.78 is 23.2. The number of carbonyl (C=O) groups is 2. The van der Waals surface area contributed by atoms with Crippen molar-refractivity contribution in [2.45, 2.75) is 19.4 Å². The van der Waals surface area contributed by atoms with E-state index in [-0.39, 0.29) is 5.82 Å². The molecule has 0 aliphatic rings. The molecular weight excluding hydrogens is 313 g/mol. The van der Waals surface area contributed by atoms with E-state index in [0.29, 0.717) is 17.0 Å². The van der Waals surface area contributed by atoms with Gasteiger partial charge in [-0.2, -0.15) is 0 Å². The minimum absolute atomic E-state index is 0.326. The van der Waals surface area contributed by atoms with Gasteiger partial charge in [-0.15, -0.1) is 0 Å². The van der Waals surface area contributed by atoms with Gasteiger partial charge in [0.15, 0.2) is 5.60 Å². The van der Waals surface area contributed by atoms with Gasteiger partial charge in [0, 0.05) is 5.69 Å². The number of methoxy groups -OCH3 is 1. The van der Waals surface area contributed by atoms with Crippen molar-refractivity contribution >= 4 is 17.6 Å². The van der Waals surface area contributed by atoms with Crippen molar-refractivity contribution in [3.05, 3.63) is 59.9 Å². The number of halogens is 1. The molecule has 24 heavy (non-hydrogen) atoms. The summed E-state index contributed by atoms with van der Waals surface area (Å²) in [6.07, 6.45) is 0. The van der Waals surface area contributed by atoms with E-state index < -0.39 is 17.5 Å². The minimum Gasteiger partial charge on any atom is -0.478 e. The normalized spacial score (nSPS) is 10.8. The van der Waals surface area contributed by atoms with Gasteiger partial charge in [0.25, 0.3) is 5.91 Å². The Labute approximate surface area is 139 Å². The van der Waals surface area contributed by atoms with E-state index in [0.717, 1.165) is 0 Å². The quantitative estimate of drug-likeness (QED) is 0.853. The highest BCUT2D eigenvalue weighted by molar-refractivity contribution is 5.98. The molecule has 0 unspecified atom stereocenters. The van der Waals surface area contributed by atoms with Gasteiger partial charge in [-0.1, -0.05) is 6.07 Å². The lowest BCUT2D eigenvalue weighted by Gasteiger charge is -2.25. The molecule has 2 rings (SSSR count). The molecule has 0 spiro atoms. The van der Waals surface area contributed by atoms with Crippen LogP contribution in [0.1, 0.15) is 24.2 Å². The Hall–Kier alpha value is -2.89. The molecular formula is C18H18FNO4. The molecule has 0 aliphatic carbocycles. The monoisotopic (exact) mass is 331 g/mol. The van der Waals surface area contributed by atoms with E-state index in [9.17, 15) is 14.0 Å². The fraction of sp³-hybridized carbons (Fsp3) is 0.222. The van der Waals surface area contributed by atoms with E-state index in [4.69, 9.17) is 4.74 Å². The van der Waals surface area contributed by atoms with Gasteiger partial charge < -0.3 is 14.8 Å². The maximum Gasteiger partial charge on any atom is 0.337 e. The maximum atomic E-state index is 12.9. The van der Waals surface area contributed by atoms with Crippen molar-refractivity contribution in [3.8, 4) is 5.75 Å². The topological polar surface area (TPSA) is 64.6 Å². The highest BCUT2D eigenvalue weighted by Crippen LogP contribution is 2.21. The number of nitrogens with one attached hydrogen (secondary N) is 1. The van der Waals surface area contributed by atoms with Crippen LogP contribution in [0.15, 0.2) is 48.5 Å². The number of benzene rings is 2. The summed E-state index contributed by atoms with van der Waals surface area (Å²) in [6.45, 7) is 3.19. The molecule has 0 aliphatic heterocycles. The summed E-state index contributed by atoms with van der Waals surface area (Å²) in [4.78, 5) is 24.0. The molecule has 0 fully saturated rings. The lowest BCUT2D eigenvalue weighted by Crippen LogP contribution is -2.42. The average Bonchev–Trinajstić information content (AvgIpc) is 2.56. The fourth-order valence-corrected chi connectivity index (χ4v) is 1.97. The Morgan fingerprint density at radius 2 is 1.75 bits per heavy atom. The van der Waals surface area contributed by atoms with Crippen molar-refractivity contribution in [2.75, 3.05) is 12.4 Å². The number of rotatable bonds is 5. The first-order valence-electron chi connectivity index (χ1n) is 7.26. The second-order valence-electron chi connectivity index (χ2n) is 5.59. The Balaban J connectivity index is 2.10. The summed E-state index contributed by atoms with van der Waals surface area (Å²) >= 11 is 0. The van der Waals surface area contributed by atoms with Crippen LogP contribution in [0.2, 0.25) is 0 Å². The molecule has 0 radical (unpaired) electrons. The van der Waals surface area contributed by atoms with Crippen LogP contribution in [0.5, 0.6) is 5.75 Å². The highest BCUT2D eigenvalue weighted by atomic mass is 19.1. The van der Waals surface area contributed by atoms with Crippen molar-refractivity contribution in [3.63, 3.8) is 0 Å². The van der Waals surface area contributed by atoms with Crippen LogP contribution < -0.4 is 10.1 Å². The molecule has 126 valence electrons. The summed E-state index contributed by atoms with van der Waals surface area (Å²) in [5.74, 6) is -0.911. The van der Waals surface area contributed by atoms with E-state index in [2.05, 4.69) is 10.1 Å². The Morgan fingerprint density at radius 1 is 1.08 bits per heavy atom. The Kier molecular flexibility index (Phi) is 5.18. The predicted molar refractivity (Wildman–Crippen MR) is 87.5 cm³/mol. The lowest BCUT2D eigenvalue weighted by atomic mass is 10.1. The van der Waals surface area contributed by atoms with Crippen LogP contribution in [-0.2, 0) is 9.53 Å². The molecule has 0 saturated heterocycles. The molecule has 6 heteroatoms. The van der Waals surface area contributed by atoms with Crippen molar-refractivity contribution in [1.29, 1.82) is 0 Å². The van der Waals surface area contributed by atoms with E-state index >= 15 is 0 Å². The van der Waals surface area contributed by atoms with Gasteiger partial charge in [0.05, 0.1) is 12.7 Å². The smallest absolute Gasteiger partial charge is 0.337 e. The first-order chi connectivity index (χ1) is 11.3. The summed E-state index contributed by atoms with van der Waals surface area (Å²) in [6, 6.07) is 11.8. The van der Waals surface area contributed by atoms with Gasteiger partial charge >= 0.3 is 5.97 Å². The summed E-state index contributed by atoms with van der Waals surface area (Å²) in [7, 11) is 1.28. The van der Waals surface area contributed by atoms with Gasteiger partial charge in [-0.25, -0.2) is 9.18 Å². The molecule has 5 nitrogen and oxygen atoms in total. The summed E-state index contributed by atoms with van der Waals surface area (Å²) in [5.41, 5.74) is -0.426. The average molecular weight is 331 g/mol. The van der Waals surface area contributed by atoms with Crippen molar-refractivity contribution < 1.29 is 23.5 Å². The zero-order valence-corrected chi connectivity index (χ0v) is 13.6. The largest absolute Gasteiger partial charge is 0.478 e. The molecule has 0 bridgehead atoms. The molecule has 0 heterocycles. The third-order valence-electron chi connectivity index (χ3n) is 3.28. The fourth-order valence-electron chi connectivity index (χ4n) is 1.97. The number of esters is 1. The lowest BCUT2D eigenvalue weighted by molar-refractivity contribution is -0.128. The molecule has 0 aromatic heterocycles. The van der Waals surface area contributed by atoms with Gasteiger partial charge in [0.2, 0.25) is 0 Å². The predicted octanol–water partition coefficient (Wildman–Crippen LogP) is 3.41. The number of anilines is 1.